The van der Waals surface area contributed by atoms with Crippen molar-refractivity contribution in [1.82, 2.24) is 0 Å². The van der Waals surface area contributed by atoms with Gasteiger partial charge in [-0.05, 0) is 29.2 Å². The van der Waals surface area contributed by atoms with Crippen molar-refractivity contribution >= 4 is 17.1 Å². The summed E-state index contributed by atoms with van der Waals surface area (Å²) >= 11 is 0. The van der Waals surface area contributed by atoms with Crippen molar-refractivity contribution in [2.45, 2.75) is 6.10 Å². The van der Waals surface area contributed by atoms with Crippen molar-refractivity contribution in [1.29, 1.82) is 0 Å². The smallest absolute Gasteiger partial charge is 0.150 e. The molecule has 0 saturated carbocycles. The van der Waals surface area contributed by atoms with E-state index < -0.39 is 0 Å². The number of hydrogen-bond acceptors (Lipinski definition) is 2. The average Bonchev–Trinajstić information content (AvgIpc) is 2.60. The largest absolute Gasteiger partial charge is 0.481 e. The molecule has 0 amide bonds. The van der Waals surface area contributed by atoms with Crippen molar-refractivity contribution in [3.05, 3.63) is 90.5 Å². The normalized spacial score (nSPS) is 11.8. The van der Waals surface area contributed by atoms with Crippen molar-refractivity contribution in [2.24, 2.45) is 0 Å². The number of hydrogen-bond donors (Lipinski definition) is 0. The molecule has 1 unspecified atom stereocenters. The molecule has 0 saturated heterocycles. The Hall–Kier alpha value is -2.87. The third-order valence-corrected chi connectivity index (χ3v) is 3.64. The van der Waals surface area contributed by atoms with Crippen molar-refractivity contribution in [3.8, 4) is 5.75 Å². The molecule has 3 aromatic rings. The van der Waals surface area contributed by atoms with Crippen LogP contribution in [0.25, 0.3) is 10.8 Å². The zero-order chi connectivity index (χ0) is 15.4. The molecule has 0 aromatic heterocycles. The molecule has 0 fully saturated rings. The van der Waals surface area contributed by atoms with Gasteiger partial charge in [0.2, 0.25) is 0 Å². The molecule has 0 aliphatic heterocycles. The van der Waals surface area contributed by atoms with Crippen LogP contribution in [-0.4, -0.2) is 6.29 Å². The van der Waals surface area contributed by atoms with Crippen LogP contribution in [0.1, 0.15) is 22.0 Å². The Morgan fingerprint density at radius 1 is 0.864 bits per heavy atom. The summed E-state index contributed by atoms with van der Waals surface area (Å²) in [5.41, 5.74) is 1.71. The van der Waals surface area contributed by atoms with E-state index in [0.717, 1.165) is 28.4 Å². The van der Waals surface area contributed by atoms with E-state index >= 15 is 0 Å². The number of carbonyl (C=O) groups excluding carboxylic acids is 1. The highest BCUT2D eigenvalue weighted by Gasteiger charge is 2.12. The van der Waals surface area contributed by atoms with Gasteiger partial charge < -0.3 is 4.74 Å². The predicted octanol–water partition coefficient (Wildman–Crippen LogP) is 4.96. The Bertz CT molecular complexity index is 806. The molecule has 22 heavy (non-hydrogen) atoms. The van der Waals surface area contributed by atoms with Crippen molar-refractivity contribution in [3.63, 3.8) is 0 Å². The van der Waals surface area contributed by atoms with Crippen molar-refractivity contribution < 1.29 is 9.53 Å². The molecular formula is C20H16O2. The molecule has 0 bridgehead atoms. The van der Waals surface area contributed by atoms with Gasteiger partial charge in [-0.2, -0.15) is 0 Å². The van der Waals surface area contributed by atoms with E-state index in [4.69, 9.17) is 4.74 Å². The maximum absolute atomic E-state index is 11.2. The quantitative estimate of drug-likeness (QED) is 0.490. The molecule has 0 spiro atoms. The van der Waals surface area contributed by atoms with Crippen LogP contribution >= 0.6 is 0 Å². The van der Waals surface area contributed by atoms with E-state index in [-0.39, 0.29) is 6.10 Å². The molecule has 2 nitrogen and oxygen atoms in total. The molecule has 0 aliphatic rings. The predicted molar refractivity (Wildman–Crippen MR) is 89.3 cm³/mol. The zero-order valence-electron chi connectivity index (χ0n) is 12.1. The molecule has 2 heteroatoms. The third kappa shape index (κ3) is 2.63. The number of ether oxygens (including phenoxy) is 1. The Kier molecular flexibility index (Phi) is 4.01. The van der Waals surface area contributed by atoms with E-state index in [1.54, 1.807) is 12.1 Å². The van der Waals surface area contributed by atoms with Crippen LogP contribution in [0.15, 0.2) is 79.4 Å². The lowest BCUT2D eigenvalue weighted by Gasteiger charge is -2.18. The lowest BCUT2D eigenvalue weighted by molar-refractivity contribution is 0.112. The lowest BCUT2D eigenvalue weighted by Crippen LogP contribution is -2.04. The summed E-state index contributed by atoms with van der Waals surface area (Å²) in [6.45, 7) is 3.87. The second kappa shape index (κ2) is 6.27. The first-order chi connectivity index (χ1) is 10.8. The van der Waals surface area contributed by atoms with Gasteiger partial charge in [-0.25, -0.2) is 0 Å². The molecule has 1 atom stereocenters. The fourth-order valence-corrected chi connectivity index (χ4v) is 2.53. The number of benzene rings is 3. The molecule has 3 aromatic carbocycles. The molecule has 0 heterocycles. The summed E-state index contributed by atoms with van der Waals surface area (Å²) in [6.07, 6.45) is 2.41. The number of fused-ring (bicyclic) bond motifs is 1. The highest BCUT2D eigenvalue weighted by atomic mass is 16.5. The topological polar surface area (TPSA) is 26.3 Å². The summed E-state index contributed by atoms with van der Waals surface area (Å²) in [7, 11) is 0. The average molecular weight is 288 g/mol. The van der Waals surface area contributed by atoms with E-state index in [0.29, 0.717) is 5.56 Å². The summed E-state index contributed by atoms with van der Waals surface area (Å²) in [6, 6.07) is 21.3. The third-order valence-electron chi connectivity index (χ3n) is 3.64. The lowest BCUT2D eigenvalue weighted by atomic mass is 10.0. The molecule has 0 aliphatic carbocycles. The number of rotatable bonds is 5. The molecule has 108 valence electrons. The Morgan fingerprint density at radius 2 is 1.55 bits per heavy atom. The molecule has 3 rings (SSSR count). The summed E-state index contributed by atoms with van der Waals surface area (Å²) < 4.78 is 6.13. The van der Waals surface area contributed by atoms with Crippen molar-refractivity contribution in [2.75, 3.05) is 0 Å². The first-order valence-corrected chi connectivity index (χ1v) is 7.14. The van der Waals surface area contributed by atoms with Gasteiger partial charge in [0.25, 0.3) is 0 Å². The second-order valence-electron chi connectivity index (χ2n) is 5.00. The van der Waals surface area contributed by atoms with Crippen LogP contribution in [0.5, 0.6) is 5.75 Å². The van der Waals surface area contributed by atoms with Crippen LogP contribution in [-0.2, 0) is 0 Å². The Balaban J connectivity index is 2.04. The van der Waals surface area contributed by atoms with Gasteiger partial charge in [0, 0.05) is 10.9 Å². The molecule has 0 radical (unpaired) electrons. The fourth-order valence-electron chi connectivity index (χ4n) is 2.53. The van der Waals surface area contributed by atoms with Gasteiger partial charge in [-0.3, -0.25) is 4.79 Å². The first-order valence-electron chi connectivity index (χ1n) is 7.14. The number of carbonyl (C=O) groups is 1. The van der Waals surface area contributed by atoms with Crippen LogP contribution in [0, 0.1) is 0 Å². The minimum atomic E-state index is -0.230. The number of aldehydes is 1. The van der Waals surface area contributed by atoms with E-state index in [2.05, 4.69) is 6.58 Å². The van der Waals surface area contributed by atoms with Gasteiger partial charge in [0.1, 0.15) is 11.9 Å². The van der Waals surface area contributed by atoms with Crippen LogP contribution in [0.4, 0.5) is 0 Å². The van der Waals surface area contributed by atoms with Crippen LogP contribution < -0.4 is 4.74 Å². The minimum Gasteiger partial charge on any atom is -0.481 e. The summed E-state index contributed by atoms with van der Waals surface area (Å²) in [4.78, 5) is 11.2. The van der Waals surface area contributed by atoms with E-state index in [1.165, 1.54) is 0 Å². The Labute approximate surface area is 129 Å². The van der Waals surface area contributed by atoms with Gasteiger partial charge in [-0.15, -0.1) is 0 Å². The standard InChI is InChI=1S/C20H16O2/c1-2-19(15-8-4-3-5-9-15)22-20-13-12-16(14-21)17-10-6-7-11-18(17)20/h2-14,19H,1H2. The second-order valence-corrected chi connectivity index (χ2v) is 5.00. The highest BCUT2D eigenvalue weighted by Crippen LogP contribution is 2.31. The summed E-state index contributed by atoms with van der Waals surface area (Å²) in [5.74, 6) is 0.745. The monoisotopic (exact) mass is 288 g/mol. The zero-order valence-corrected chi connectivity index (χ0v) is 12.1. The maximum Gasteiger partial charge on any atom is 0.150 e. The highest BCUT2D eigenvalue weighted by molar-refractivity contribution is 6.00. The Morgan fingerprint density at radius 3 is 2.23 bits per heavy atom. The van der Waals surface area contributed by atoms with E-state index in [9.17, 15) is 4.79 Å². The summed E-state index contributed by atoms with van der Waals surface area (Å²) in [5, 5.41) is 1.82. The minimum absolute atomic E-state index is 0.230. The fraction of sp³-hybridized carbons (Fsp3) is 0.0500. The van der Waals surface area contributed by atoms with Gasteiger partial charge in [-0.1, -0.05) is 61.2 Å². The SMILES string of the molecule is C=CC(Oc1ccc(C=O)c2ccccc12)c1ccccc1. The van der Waals surface area contributed by atoms with Gasteiger partial charge in [0.15, 0.2) is 6.29 Å². The van der Waals surface area contributed by atoms with Gasteiger partial charge in [0.05, 0.1) is 0 Å². The first kappa shape index (κ1) is 14.1. The maximum atomic E-state index is 11.2. The molecular weight excluding hydrogens is 272 g/mol. The van der Waals surface area contributed by atoms with Gasteiger partial charge >= 0.3 is 0 Å². The van der Waals surface area contributed by atoms with E-state index in [1.807, 2.05) is 60.7 Å². The van der Waals surface area contributed by atoms with Crippen LogP contribution in [0.3, 0.4) is 0 Å². The molecule has 0 N–H and O–H groups in total. The van der Waals surface area contributed by atoms with Crippen LogP contribution in [0.2, 0.25) is 0 Å².